The number of rotatable bonds is 6. The van der Waals surface area contributed by atoms with Crippen LogP contribution in [0.5, 0.6) is 11.5 Å². The summed E-state index contributed by atoms with van der Waals surface area (Å²) in [5, 5.41) is 17.0. The molecule has 0 spiro atoms. The minimum Gasteiger partial charge on any atom is -0.454 e. The molecule has 1 atom stereocenters. The maximum atomic E-state index is 12.9. The first-order chi connectivity index (χ1) is 13.6. The molecule has 0 radical (unpaired) electrons. The first kappa shape index (κ1) is 17.9. The van der Waals surface area contributed by atoms with E-state index in [4.69, 9.17) is 9.47 Å². The lowest BCUT2D eigenvalue weighted by molar-refractivity contribution is -0.125. The molecule has 0 unspecified atom stereocenters. The maximum absolute atomic E-state index is 12.9. The second kappa shape index (κ2) is 7.65. The number of hydrogen-bond acceptors (Lipinski definition) is 7. The molecule has 9 nitrogen and oxygen atoms in total. The van der Waals surface area contributed by atoms with Crippen molar-refractivity contribution in [3.8, 4) is 22.9 Å². The molecule has 1 aliphatic heterocycles. The van der Waals surface area contributed by atoms with Crippen LogP contribution in [0.25, 0.3) is 11.4 Å². The number of fused-ring (bicyclic) bond motifs is 1. The highest BCUT2D eigenvalue weighted by Gasteiger charge is 2.25. The number of tetrazole rings is 1. The molecule has 4 rings (SSSR count). The van der Waals surface area contributed by atoms with E-state index in [0.717, 1.165) is 16.7 Å². The molecule has 2 heterocycles. The summed E-state index contributed by atoms with van der Waals surface area (Å²) >= 11 is 0. The van der Waals surface area contributed by atoms with Crippen molar-refractivity contribution >= 4 is 5.91 Å². The minimum absolute atomic E-state index is 0.103. The third-order valence-corrected chi connectivity index (χ3v) is 4.47. The van der Waals surface area contributed by atoms with Gasteiger partial charge in [0.05, 0.1) is 0 Å². The first-order valence-electron chi connectivity index (χ1n) is 8.78. The van der Waals surface area contributed by atoms with Crippen molar-refractivity contribution in [3.05, 3.63) is 53.6 Å². The minimum atomic E-state index is -0.449. The summed E-state index contributed by atoms with van der Waals surface area (Å²) < 4.78 is 10.8. The predicted octanol–water partition coefficient (Wildman–Crippen LogP) is 1.51. The maximum Gasteiger partial charge on any atom is 0.242 e. The molecule has 1 amide bonds. The van der Waals surface area contributed by atoms with Crippen LogP contribution in [0, 0.1) is 0 Å². The smallest absolute Gasteiger partial charge is 0.242 e. The van der Waals surface area contributed by atoms with Crippen molar-refractivity contribution < 1.29 is 14.3 Å². The van der Waals surface area contributed by atoms with Gasteiger partial charge in [0.25, 0.3) is 0 Å². The topological polar surface area (TPSA) is 105 Å². The number of carbonyl (C=O) groups excluding carboxylic acids is 1. The third-order valence-electron chi connectivity index (χ3n) is 4.47. The number of benzene rings is 2. The molecule has 0 aliphatic carbocycles. The summed E-state index contributed by atoms with van der Waals surface area (Å²) in [6.07, 6.45) is 0. The highest BCUT2D eigenvalue weighted by Crippen LogP contribution is 2.35. The fraction of sp³-hybridized carbons (Fsp3) is 0.263. The Kier molecular flexibility index (Phi) is 4.90. The number of carbonyl (C=O) groups is 1. The van der Waals surface area contributed by atoms with E-state index >= 15 is 0 Å². The predicted molar refractivity (Wildman–Crippen MR) is 100 cm³/mol. The molecule has 0 saturated heterocycles. The molecule has 0 fully saturated rings. The fourth-order valence-corrected chi connectivity index (χ4v) is 3.16. The standard InChI is InChI=1S/C19H20N6O3/c1-25(2)17(13-6-7-15-16(9-13)28-11-27-15)19(26)20-10-12-4-3-5-14(8-12)18-21-23-24-22-18/h3-9,17H,10-11H2,1-2H3,(H,20,26)(H,21,22,23,24)/t17-/m1/s1. The van der Waals surface area contributed by atoms with Gasteiger partial charge in [0.2, 0.25) is 18.5 Å². The summed E-state index contributed by atoms with van der Waals surface area (Å²) in [5.74, 6) is 1.76. The fourth-order valence-electron chi connectivity index (χ4n) is 3.16. The van der Waals surface area contributed by atoms with Gasteiger partial charge < -0.3 is 14.8 Å². The molecule has 2 N–H and O–H groups in total. The Morgan fingerprint density at radius 1 is 1.21 bits per heavy atom. The van der Waals surface area contributed by atoms with Crippen LogP contribution < -0.4 is 14.8 Å². The van der Waals surface area contributed by atoms with Gasteiger partial charge in [0.1, 0.15) is 6.04 Å². The quantitative estimate of drug-likeness (QED) is 0.668. The largest absolute Gasteiger partial charge is 0.454 e. The average Bonchev–Trinajstić information content (AvgIpc) is 3.38. The van der Waals surface area contributed by atoms with Crippen molar-refractivity contribution in [3.63, 3.8) is 0 Å². The van der Waals surface area contributed by atoms with Gasteiger partial charge in [0, 0.05) is 12.1 Å². The zero-order valence-corrected chi connectivity index (χ0v) is 15.5. The highest BCUT2D eigenvalue weighted by atomic mass is 16.7. The van der Waals surface area contributed by atoms with Gasteiger partial charge in [0.15, 0.2) is 11.5 Å². The van der Waals surface area contributed by atoms with Crippen LogP contribution >= 0.6 is 0 Å². The summed E-state index contributed by atoms with van der Waals surface area (Å²) in [7, 11) is 3.73. The van der Waals surface area contributed by atoms with Crippen LogP contribution in [0.1, 0.15) is 17.2 Å². The number of likely N-dealkylation sites (N-methyl/N-ethyl adjacent to an activating group) is 1. The number of nitrogens with zero attached hydrogens (tertiary/aromatic N) is 4. The van der Waals surface area contributed by atoms with E-state index in [0.29, 0.717) is 23.9 Å². The number of aromatic nitrogens is 4. The Morgan fingerprint density at radius 2 is 2.07 bits per heavy atom. The van der Waals surface area contributed by atoms with Crippen molar-refractivity contribution in [1.82, 2.24) is 30.8 Å². The number of nitrogens with one attached hydrogen (secondary N) is 2. The van der Waals surface area contributed by atoms with E-state index in [1.807, 2.05) is 61.5 Å². The Labute approximate surface area is 161 Å². The number of ether oxygens (including phenoxy) is 2. The van der Waals surface area contributed by atoms with Crippen LogP contribution in [-0.4, -0.2) is 52.3 Å². The third kappa shape index (κ3) is 3.65. The van der Waals surface area contributed by atoms with Crippen LogP contribution in [0.15, 0.2) is 42.5 Å². The molecule has 0 bridgehead atoms. The summed E-state index contributed by atoms with van der Waals surface area (Å²) in [5.41, 5.74) is 2.62. The number of amides is 1. The SMILES string of the molecule is CN(C)[C@@H](C(=O)NCc1cccc(-c2nn[nH]n2)c1)c1ccc2c(c1)OCO2. The van der Waals surface area contributed by atoms with Crippen molar-refractivity contribution in [2.75, 3.05) is 20.9 Å². The summed E-state index contributed by atoms with van der Waals surface area (Å²) in [4.78, 5) is 14.8. The van der Waals surface area contributed by atoms with Gasteiger partial charge in [-0.3, -0.25) is 9.69 Å². The molecule has 3 aromatic rings. The Hall–Kier alpha value is -3.46. The Bertz CT molecular complexity index is 974. The van der Waals surface area contributed by atoms with Crippen molar-refractivity contribution in [1.29, 1.82) is 0 Å². The lowest BCUT2D eigenvalue weighted by Crippen LogP contribution is -2.36. The monoisotopic (exact) mass is 380 g/mol. The Balaban J connectivity index is 1.48. The van der Waals surface area contributed by atoms with Crippen molar-refractivity contribution in [2.24, 2.45) is 0 Å². The lowest BCUT2D eigenvalue weighted by atomic mass is 10.0. The van der Waals surface area contributed by atoms with Gasteiger partial charge in [-0.15, -0.1) is 10.2 Å². The number of H-pyrrole nitrogens is 1. The molecule has 1 aliphatic rings. The number of aromatic amines is 1. The molecule has 0 saturated carbocycles. The average molecular weight is 380 g/mol. The van der Waals surface area contributed by atoms with E-state index in [1.165, 1.54) is 0 Å². The molecule has 28 heavy (non-hydrogen) atoms. The van der Waals surface area contributed by atoms with Crippen LogP contribution in [0.3, 0.4) is 0 Å². The zero-order valence-electron chi connectivity index (χ0n) is 15.5. The molecule has 2 aromatic carbocycles. The normalized spacial score (nSPS) is 13.5. The van der Waals surface area contributed by atoms with Crippen molar-refractivity contribution in [2.45, 2.75) is 12.6 Å². The molecule has 144 valence electrons. The van der Waals surface area contributed by atoms with E-state index in [-0.39, 0.29) is 12.7 Å². The van der Waals surface area contributed by atoms with E-state index in [1.54, 1.807) is 0 Å². The molecular weight excluding hydrogens is 360 g/mol. The van der Waals surface area contributed by atoms with E-state index < -0.39 is 6.04 Å². The molecular formula is C19H20N6O3. The highest BCUT2D eigenvalue weighted by molar-refractivity contribution is 5.83. The van der Waals surface area contributed by atoms with Gasteiger partial charge in [-0.05, 0) is 48.6 Å². The van der Waals surface area contributed by atoms with Crippen LogP contribution in [0.2, 0.25) is 0 Å². The number of hydrogen-bond donors (Lipinski definition) is 2. The van der Waals surface area contributed by atoms with E-state index in [2.05, 4.69) is 25.9 Å². The molecule has 1 aromatic heterocycles. The second-order valence-electron chi connectivity index (χ2n) is 6.63. The second-order valence-corrected chi connectivity index (χ2v) is 6.63. The zero-order chi connectivity index (χ0) is 19.5. The van der Waals surface area contributed by atoms with Gasteiger partial charge in [-0.2, -0.15) is 5.21 Å². The Morgan fingerprint density at radius 3 is 2.86 bits per heavy atom. The molecule has 9 heteroatoms. The van der Waals surface area contributed by atoms with Gasteiger partial charge in [-0.1, -0.05) is 24.3 Å². The summed E-state index contributed by atoms with van der Waals surface area (Å²) in [6.45, 7) is 0.591. The van der Waals surface area contributed by atoms with Crippen LogP contribution in [-0.2, 0) is 11.3 Å². The van der Waals surface area contributed by atoms with Gasteiger partial charge >= 0.3 is 0 Å². The van der Waals surface area contributed by atoms with Gasteiger partial charge in [-0.25, -0.2) is 0 Å². The van der Waals surface area contributed by atoms with Crippen LogP contribution in [0.4, 0.5) is 0 Å². The lowest BCUT2D eigenvalue weighted by Gasteiger charge is -2.24. The first-order valence-corrected chi connectivity index (χ1v) is 8.78. The summed E-state index contributed by atoms with van der Waals surface area (Å²) in [6, 6.07) is 12.8. The van der Waals surface area contributed by atoms with E-state index in [9.17, 15) is 4.79 Å².